The molecule has 0 aromatic heterocycles. The number of hydrogen-bond acceptors (Lipinski definition) is 2. The van der Waals surface area contributed by atoms with Crippen molar-refractivity contribution in [3.8, 4) is 0 Å². The first-order chi connectivity index (χ1) is 9.49. The largest absolute Gasteiger partial charge is 0.626 e. The molecule has 0 fully saturated rings. The third-order valence-electron chi connectivity index (χ3n) is 3.13. The molecule has 0 aliphatic rings. The van der Waals surface area contributed by atoms with Gasteiger partial charge in [-0.2, -0.15) is 0 Å². The average molecular weight is 282 g/mol. The first-order valence-electron chi connectivity index (χ1n) is 7.04. The number of amides is 1. The minimum absolute atomic E-state index is 0.425. The number of rotatable bonds is 8. The van der Waals surface area contributed by atoms with Gasteiger partial charge in [0.05, 0.1) is 17.4 Å². The number of nitrogens with two attached hydrogens (primary N) is 1. The first kappa shape index (κ1) is 16.5. The Hall–Kier alpha value is -1.59. The summed E-state index contributed by atoms with van der Waals surface area (Å²) in [5, 5.41) is 21.8. The van der Waals surface area contributed by atoms with Gasteiger partial charge in [0.15, 0.2) is 0 Å². The van der Waals surface area contributed by atoms with E-state index in [1.165, 1.54) is 0 Å². The van der Waals surface area contributed by atoms with Gasteiger partial charge in [0.1, 0.15) is 12.6 Å². The predicted molar refractivity (Wildman–Crippen MR) is 78.6 cm³/mol. The molecule has 112 valence electrons. The summed E-state index contributed by atoms with van der Waals surface area (Å²) >= 11 is 0. The van der Waals surface area contributed by atoms with Gasteiger partial charge in [-0.1, -0.05) is 44.2 Å². The second-order valence-corrected chi connectivity index (χ2v) is 5.49. The molecule has 0 bridgehead atoms. The van der Waals surface area contributed by atoms with Gasteiger partial charge < -0.3 is 15.5 Å². The summed E-state index contributed by atoms with van der Waals surface area (Å²) in [7, 11) is 0. The van der Waals surface area contributed by atoms with E-state index in [0.29, 0.717) is 18.9 Å². The van der Waals surface area contributed by atoms with Crippen molar-refractivity contribution >= 4 is 6.09 Å². The summed E-state index contributed by atoms with van der Waals surface area (Å²) in [6, 6.07) is 9.25. The summed E-state index contributed by atoms with van der Waals surface area (Å²) in [6.07, 6.45) is -0.987. The van der Waals surface area contributed by atoms with E-state index in [2.05, 4.69) is 19.2 Å². The third kappa shape index (κ3) is 6.54. The van der Waals surface area contributed by atoms with Crippen LogP contribution in [-0.2, 0) is 6.42 Å². The Morgan fingerprint density at radius 1 is 1.30 bits per heavy atom. The first-order valence-corrected chi connectivity index (χ1v) is 7.04. The van der Waals surface area contributed by atoms with Crippen molar-refractivity contribution in [3.63, 3.8) is 0 Å². The standard InChI is InChI=1S/C15H24N2O3/c1-11(2)9-16-10-14(18)13(17-15(19)20)8-12-6-4-3-5-7-12/h3-7,11,13-14,16-18H,8-10H2,1-2H3,(H,19,20)/p+2. The molecule has 0 saturated carbocycles. The van der Waals surface area contributed by atoms with Crippen LogP contribution >= 0.6 is 0 Å². The minimum Gasteiger partial charge on any atom is -0.547 e. The number of aliphatic hydroxyl groups excluding tert-OH is 1. The number of hydrogen-bond donors (Lipinski definition) is 3. The molecule has 0 saturated heterocycles. The monoisotopic (exact) mass is 282 g/mol. The predicted octanol–water partition coefficient (Wildman–Crippen LogP) is -0.388. The lowest BCUT2D eigenvalue weighted by Crippen LogP contribution is -2.88. The topological polar surface area (TPSA) is 88.8 Å². The highest BCUT2D eigenvalue weighted by molar-refractivity contribution is 5.65. The van der Waals surface area contributed by atoms with E-state index in [1.807, 2.05) is 35.6 Å². The van der Waals surface area contributed by atoms with Gasteiger partial charge in [-0.25, -0.2) is 0 Å². The molecular formula is C15H26N2O3+2. The number of quaternary nitrogens is 1. The van der Waals surface area contributed by atoms with Crippen molar-refractivity contribution in [1.82, 2.24) is 5.32 Å². The van der Waals surface area contributed by atoms with Crippen LogP contribution in [0.4, 0.5) is 4.79 Å². The number of carbonyl (C=O) groups is 1. The van der Waals surface area contributed by atoms with Crippen molar-refractivity contribution in [2.24, 2.45) is 5.92 Å². The second-order valence-electron chi connectivity index (χ2n) is 5.49. The van der Waals surface area contributed by atoms with E-state index >= 15 is 0 Å². The molecule has 0 aliphatic carbocycles. The molecule has 1 rings (SSSR count). The molecule has 1 aromatic rings. The summed E-state index contributed by atoms with van der Waals surface area (Å²) < 4.78 is 0. The lowest BCUT2D eigenvalue weighted by Gasteiger charge is -2.20. The van der Waals surface area contributed by atoms with Crippen LogP contribution < -0.4 is 10.6 Å². The highest BCUT2D eigenvalue weighted by atomic mass is 16.4. The Labute approximate surface area is 120 Å². The fourth-order valence-corrected chi connectivity index (χ4v) is 2.08. The van der Waals surface area contributed by atoms with E-state index in [9.17, 15) is 9.90 Å². The molecule has 1 amide bonds. The highest BCUT2D eigenvalue weighted by Gasteiger charge is 2.25. The SMILES string of the molecule is CC(C)C[NH2+]CC(O)C(Cc1ccccc1)NC(=O)[OH2+]. The van der Waals surface area contributed by atoms with Crippen LogP contribution in [0.25, 0.3) is 0 Å². The fourth-order valence-electron chi connectivity index (χ4n) is 2.08. The van der Waals surface area contributed by atoms with E-state index in [-0.39, 0.29) is 0 Å². The van der Waals surface area contributed by atoms with Crippen molar-refractivity contribution in [3.05, 3.63) is 35.9 Å². The normalized spacial score (nSPS) is 14.0. The Bertz CT molecular complexity index is 395. The van der Waals surface area contributed by atoms with Gasteiger partial charge in [-0.05, 0) is 12.0 Å². The fraction of sp³-hybridized carbons (Fsp3) is 0.533. The van der Waals surface area contributed by atoms with Crippen LogP contribution in [0.15, 0.2) is 30.3 Å². The lowest BCUT2D eigenvalue weighted by atomic mass is 10.0. The number of carbonyl (C=O) groups excluding carboxylic acids is 1. The summed E-state index contributed by atoms with van der Waals surface area (Å²) in [5.41, 5.74) is 1.04. The summed E-state index contributed by atoms with van der Waals surface area (Å²) in [5.74, 6) is 0.556. The van der Waals surface area contributed by atoms with Gasteiger partial charge in [-0.3, -0.25) is 5.32 Å². The molecule has 1 aromatic carbocycles. The van der Waals surface area contributed by atoms with Gasteiger partial charge in [-0.15, -0.1) is 0 Å². The Balaban J connectivity index is 2.56. The lowest BCUT2D eigenvalue weighted by molar-refractivity contribution is -0.666. The van der Waals surface area contributed by atoms with Crippen molar-refractivity contribution in [2.45, 2.75) is 32.4 Å². The summed E-state index contributed by atoms with van der Waals surface area (Å²) in [6.45, 7) is 5.70. The third-order valence-corrected chi connectivity index (χ3v) is 3.13. The average Bonchev–Trinajstić information content (AvgIpc) is 2.38. The molecule has 0 heterocycles. The quantitative estimate of drug-likeness (QED) is 0.567. The minimum atomic E-state index is -0.853. The van der Waals surface area contributed by atoms with Gasteiger partial charge in [0.2, 0.25) is 0 Å². The van der Waals surface area contributed by atoms with Crippen LogP contribution in [0.1, 0.15) is 19.4 Å². The van der Waals surface area contributed by atoms with Crippen LogP contribution in [0.2, 0.25) is 0 Å². The second kappa shape index (κ2) is 8.55. The van der Waals surface area contributed by atoms with Crippen molar-refractivity contribution in [2.75, 3.05) is 13.1 Å². The van der Waals surface area contributed by atoms with Crippen LogP contribution in [0.5, 0.6) is 0 Å². The Kier molecular flexibility index (Phi) is 7.04. The highest BCUT2D eigenvalue weighted by Crippen LogP contribution is 2.06. The number of aliphatic hydroxyl groups is 1. The van der Waals surface area contributed by atoms with E-state index < -0.39 is 18.2 Å². The van der Waals surface area contributed by atoms with Gasteiger partial charge in [0.25, 0.3) is 0 Å². The van der Waals surface area contributed by atoms with Gasteiger partial charge in [0, 0.05) is 5.92 Å². The molecular weight excluding hydrogens is 256 g/mol. The number of benzene rings is 1. The maximum Gasteiger partial charge on any atom is 0.626 e. The van der Waals surface area contributed by atoms with Crippen molar-refractivity contribution < 1.29 is 20.3 Å². The molecule has 0 aliphatic heterocycles. The maximum absolute atomic E-state index is 11.0. The zero-order valence-electron chi connectivity index (χ0n) is 12.2. The zero-order valence-corrected chi connectivity index (χ0v) is 12.2. The van der Waals surface area contributed by atoms with Gasteiger partial charge >= 0.3 is 6.09 Å². The molecule has 2 atom stereocenters. The number of nitrogens with one attached hydrogen (secondary N) is 1. The Morgan fingerprint density at radius 2 is 1.95 bits per heavy atom. The summed E-state index contributed by atoms with van der Waals surface area (Å²) in [4.78, 5) is 11.0. The van der Waals surface area contributed by atoms with Crippen LogP contribution in [-0.4, -0.2) is 41.5 Å². The van der Waals surface area contributed by atoms with Crippen molar-refractivity contribution in [1.29, 1.82) is 0 Å². The Morgan fingerprint density at radius 3 is 2.50 bits per heavy atom. The van der Waals surface area contributed by atoms with Crippen LogP contribution in [0.3, 0.4) is 0 Å². The molecule has 20 heavy (non-hydrogen) atoms. The molecule has 5 nitrogen and oxygen atoms in total. The van der Waals surface area contributed by atoms with E-state index in [0.717, 1.165) is 12.1 Å². The molecule has 6 N–H and O–H groups in total. The smallest absolute Gasteiger partial charge is 0.547 e. The van der Waals surface area contributed by atoms with E-state index in [1.54, 1.807) is 0 Å². The molecule has 2 unspecified atom stereocenters. The molecule has 0 radical (unpaired) electrons. The molecule has 5 heteroatoms. The van der Waals surface area contributed by atoms with Crippen LogP contribution in [0, 0.1) is 5.92 Å². The molecule has 0 spiro atoms. The van der Waals surface area contributed by atoms with E-state index in [4.69, 9.17) is 5.11 Å². The maximum atomic E-state index is 11.0. The zero-order chi connectivity index (χ0) is 15.0.